The van der Waals surface area contributed by atoms with Gasteiger partial charge in [-0.25, -0.2) is 0 Å². The second-order valence-corrected chi connectivity index (χ2v) is 4.99. The first-order valence-electron chi connectivity index (χ1n) is 6.91. The van der Waals surface area contributed by atoms with Crippen molar-refractivity contribution in [3.05, 3.63) is 77.1 Å². The molecule has 0 spiro atoms. The van der Waals surface area contributed by atoms with Gasteiger partial charge in [0.05, 0.1) is 11.1 Å². The summed E-state index contributed by atoms with van der Waals surface area (Å²) in [6, 6.07) is 13.1. The van der Waals surface area contributed by atoms with Gasteiger partial charge in [-0.3, -0.25) is 19.9 Å². The summed E-state index contributed by atoms with van der Waals surface area (Å²) >= 11 is 0. The molecule has 0 atom stereocenters. The van der Waals surface area contributed by atoms with E-state index in [1.165, 1.54) is 0 Å². The van der Waals surface area contributed by atoms with Crippen molar-refractivity contribution in [1.82, 2.24) is 10.3 Å². The SMILES string of the molecule is CC(=C1C(=O)NC(=O)C1=Cc1ccncc1)c1ccccc1. The summed E-state index contributed by atoms with van der Waals surface area (Å²) in [6.07, 6.45) is 5.01. The van der Waals surface area contributed by atoms with Crippen LogP contribution in [0.25, 0.3) is 11.6 Å². The molecule has 2 aromatic rings. The number of imide groups is 1. The highest BCUT2D eigenvalue weighted by molar-refractivity contribution is 6.29. The molecule has 0 aliphatic carbocycles. The molecule has 1 aromatic heterocycles. The average molecular weight is 290 g/mol. The molecule has 1 N–H and O–H groups in total. The number of carbonyl (C=O) groups excluding carboxylic acids is 2. The summed E-state index contributed by atoms with van der Waals surface area (Å²) in [7, 11) is 0. The Hall–Kier alpha value is -3.01. The Balaban J connectivity index is 2.14. The lowest BCUT2D eigenvalue weighted by Gasteiger charge is -2.05. The first kappa shape index (κ1) is 13.9. The van der Waals surface area contributed by atoms with E-state index in [-0.39, 0.29) is 11.8 Å². The van der Waals surface area contributed by atoms with Crippen molar-refractivity contribution in [2.24, 2.45) is 0 Å². The fourth-order valence-corrected chi connectivity index (χ4v) is 2.44. The van der Waals surface area contributed by atoms with Crippen molar-refractivity contribution in [3.8, 4) is 0 Å². The van der Waals surface area contributed by atoms with E-state index >= 15 is 0 Å². The van der Waals surface area contributed by atoms with Crippen LogP contribution in [0.2, 0.25) is 0 Å². The Morgan fingerprint density at radius 2 is 1.68 bits per heavy atom. The Morgan fingerprint density at radius 3 is 2.36 bits per heavy atom. The number of benzene rings is 1. The van der Waals surface area contributed by atoms with Crippen LogP contribution in [0.1, 0.15) is 18.1 Å². The Bertz CT molecular complexity index is 790. The van der Waals surface area contributed by atoms with Gasteiger partial charge in [-0.15, -0.1) is 0 Å². The Kier molecular flexibility index (Phi) is 3.66. The van der Waals surface area contributed by atoms with Crippen molar-refractivity contribution in [2.45, 2.75) is 6.92 Å². The van der Waals surface area contributed by atoms with Gasteiger partial charge in [-0.05, 0) is 41.8 Å². The van der Waals surface area contributed by atoms with Gasteiger partial charge in [0.15, 0.2) is 0 Å². The molecule has 1 aliphatic rings. The second kappa shape index (κ2) is 5.77. The van der Waals surface area contributed by atoms with Crippen LogP contribution >= 0.6 is 0 Å². The van der Waals surface area contributed by atoms with Crippen LogP contribution in [0.5, 0.6) is 0 Å². The number of hydrogen-bond acceptors (Lipinski definition) is 3. The van der Waals surface area contributed by atoms with Gasteiger partial charge in [0.25, 0.3) is 11.8 Å². The predicted octanol–water partition coefficient (Wildman–Crippen LogP) is 2.60. The third-order valence-electron chi connectivity index (χ3n) is 3.57. The molecule has 2 amide bonds. The molecule has 1 saturated heterocycles. The maximum atomic E-state index is 12.2. The van der Waals surface area contributed by atoms with Crippen molar-refractivity contribution in [1.29, 1.82) is 0 Å². The normalized spacial score (nSPS) is 18.5. The van der Waals surface area contributed by atoms with Gasteiger partial charge in [-0.1, -0.05) is 30.3 Å². The first-order chi connectivity index (χ1) is 10.7. The highest BCUT2D eigenvalue weighted by Gasteiger charge is 2.32. The minimum Gasteiger partial charge on any atom is -0.288 e. The average Bonchev–Trinajstić information content (AvgIpc) is 2.82. The van der Waals surface area contributed by atoms with Gasteiger partial charge >= 0.3 is 0 Å². The molecule has 4 heteroatoms. The lowest BCUT2D eigenvalue weighted by Crippen LogP contribution is -2.20. The number of nitrogens with zero attached hydrogens (tertiary/aromatic N) is 1. The maximum absolute atomic E-state index is 12.2. The number of pyridine rings is 1. The minimum absolute atomic E-state index is 0.355. The summed E-state index contributed by atoms with van der Waals surface area (Å²) in [4.78, 5) is 28.2. The number of carbonyl (C=O) groups is 2. The Labute approximate surface area is 128 Å². The lowest BCUT2D eigenvalue weighted by molar-refractivity contribution is -0.123. The summed E-state index contributed by atoms with van der Waals surface area (Å²) in [5, 5.41) is 2.37. The van der Waals surface area contributed by atoms with Crippen LogP contribution in [0.4, 0.5) is 0 Å². The fraction of sp³-hybridized carbons (Fsp3) is 0.0556. The molecule has 2 heterocycles. The summed E-state index contributed by atoms with van der Waals surface area (Å²) < 4.78 is 0. The van der Waals surface area contributed by atoms with Crippen molar-refractivity contribution in [3.63, 3.8) is 0 Å². The topological polar surface area (TPSA) is 59.1 Å². The van der Waals surface area contributed by atoms with Crippen LogP contribution in [-0.4, -0.2) is 16.8 Å². The molecule has 1 aromatic carbocycles. The molecular formula is C18H14N2O2. The van der Waals surface area contributed by atoms with Crippen LogP contribution in [0.15, 0.2) is 66.0 Å². The molecule has 3 rings (SSSR count). The minimum atomic E-state index is -0.368. The number of allylic oxidation sites excluding steroid dienone is 1. The smallest absolute Gasteiger partial charge is 0.259 e. The van der Waals surface area contributed by atoms with Crippen molar-refractivity contribution >= 4 is 23.5 Å². The fourth-order valence-electron chi connectivity index (χ4n) is 2.44. The van der Waals surface area contributed by atoms with E-state index in [0.717, 1.165) is 16.7 Å². The molecule has 22 heavy (non-hydrogen) atoms. The zero-order valence-electron chi connectivity index (χ0n) is 12.0. The summed E-state index contributed by atoms with van der Waals surface area (Å²) in [6.45, 7) is 1.85. The highest BCUT2D eigenvalue weighted by Crippen LogP contribution is 2.28. The zero-order chi connectivity index (χ0) is 15.5. The quantitative estimate of drug-likeness (QED) is 0.683. The molecular weight excluding hydrogens is 276 g/mol. The highest BCUT2D eigenvalue weighted by atomic mass is 16.2. The Morgan fingerprint density at radius 1 is 1.00 bits per heavy atom. The second-order valence-electron chi connectivity index (χ2n) is 4.99. The van der Waals surface area contributed by atoms with E-state index in [0.29, 0.717) is 11.1 Å². The van der Waals surface area contributed by atoms with Crippen LogP contribution in [0.3, 0.4) is 0 Å². The molecule has 0 unspecified atom stereocenters. The lowest BCUT2D eigenvalue weighted by atomic mass is 9.96. The van der Waals surface area contributed by atoms with Crippen LogP contribution in [0, 0.1) is 0 Å². The van der Waals surface area contributed by atoms with Gasteiger partial charge < -0.3 is 0 Å². The van der Waals surface area contributed by atoms with Crippen molar-refractivity contribution < 1.29 is 9.59 Å². The molecule has 0 saturated carbocycles. The van der Waals surface area contributed by atoms with E-state index in [1.807, 2.05) is 37.3 Å². The summed E-state index contributed by atoms with van der Waals surface area (Å²) in [5.41, 5.74) is 3.34. The molecule has 1 fully saturated rings. The van der Waals surface area contributed by atoms with E-state index < -0.39 is 0 Å². The van der Waals surface area contributed by atoms with E-state index in [1.54, 1.807) is 30.6 Å². The molecule has 0 radical (unpaired) electrons. The van der Waals surface area contributed by atoms with Gasteiger partial charge in [-0.2, -0.15) is 0 Å². The van der Waals surface area contributed by atoms with Crippen molar-refractivity contribution in [2.75, 3.05) is 0 Å². The van der Waals surface area contributed by atoms with E-state index in [4.69, 9.17) is 0 Å². The number of aromatic nitrogens is 1. The third-order valence-corrected chi connectivity index (χ3v) is 3.57. The number of rotatable bonds is 2. The maximum Gasteiger partial charge on any atom is 0.259 e. The van der Waals surface area contributed by atoms with Gasteiger partial charge in [0.2, 0.25) is 0 Å². The summed E-state index contributed by atoms with van der Waals surface area (Å²) in [5.74, 6) is -0.723. The van der Waals surface area contributed by atoms with Gasteiger partial charge in [0.1, 0.15) is 0 Å². The number of hydrogen-bond donors (Lipinski definition) is 1. The predicted molar refractivity (Wildman–Crippen MR) is 84.4 cm³/mol. The van der Waals surface area contributed by atoms with E-state index in [9.17, 15) is 9.59 Å². The van der Waals surface area contributed by atoms with E-state index in [2.05, 4.69) is 10.3 Å². The monoisotopic (exact) mass is 290 g/mol. The standard InChI is InChI=1S/C18H14N2O2/c1-12(14-5-3-2-4-6-14)16-15(17(21)20-18(16)22)11-13-7-9-19-10-8-13/h2-11H,1H3,(H,20,21,22). The molecule has 4 nitrogen and oxygen atoms in total. The zero-order valence-corrected chi connectivity index (χ0v) is 12.0. The van der Waals surface area contributed by atoms with Crippen LogP contribution < -0.4 is 5.32 Å². The van der Waals surface area contributed by atoms with Gasteiger partial charge in [0, 0.05) is 12.4 Å². The number of nitrogens with one attached hydrogen (secondary N) is 1. The van der Waals surface area contributed by atoms with Crippen LogP contribution in [-0.2, 0) is 9.59 Å². The molecule has 108 valence electrons. The first-order valence-corrected chi connectivity index (χ1v) is 6.91. The molecule has 1 aliphatic heterocycles. The third kappa shape index (κ3) is 2.59. The molecule has 0 bridgehead atoms. The number of amides is 2. The largest absolute Gasteiger partial charge is 0.288 e.